The summed E-state index contributed by atoms with van der Waals surface area (Å²) in [5.41, 5.74) is 0. The van der Waals surface area contributed by atoms with Gasteiger partial charge in [-0.15, -0.1) is 0 Å². The van der Waals surface area contributed by atoms with Crippen molar-refractivity contribution in [1.82, 2.24) is 5.32 Å². The van der Waals surface area contributed by atoms with Gasteiger partial charge in [-0.1, -0.05) is 0 Å². The second kappa shape index (κ2) is 3.41. The Bertz CT molecular complexity index is 20.0. The summed E-state index contributed by atoms with van der Waals surface area (Å²) in [6.45, 7) is 0. The topological polar surface area (TPSA) is 12.0 Å². The Hall–Kier alpha value is 0.414. The Balaban J connectivity index is 2.30. The minimum atomic E-state index is 1.81. The maximum atomic E-state index is 2.78. The Morgan fingerprint density at radius 1 is 2.00 bits per heavy atom. The van der Waals surface area contributed by atoms with E-state index in [1.54, 1.807) is 0 Å². The predicted molar refractivity (Wildman–Crippen MR) is 15.1 cm³/mol. The summed E-state index contributed by atoms with van der Waals surface area (Å²) >= 11 is 2.30. The van der Waals surface area contributed by atoms with Crippen LogP contribution in [-0.4, -0.2) is 11.9 Å². The molecule has 0 amide bonds. The van der Waals surface area contributed by atoms with Crippen LogP contribution in [0.2, 0.25) is 0 Å². The Morgan fingerprint density at radius 3 is 2.25 bits per heavy atom. The van der Waals surface area contributed by atoms with Crippen molar-refractivity contribution in [3.8, 4) is 0 Å². The van der Waals surface area contributed by atoms with Crippen LogP contribution in [0.15, 0.2) is 0 Å². The van der Waals surface area contributed by atoms with Gasteiger partial charge in [-0.3, -0.25) is 0 Å². The van der Waals surface area contributed by atoms with E-state index in [0.29, 0.717) is 0 Å². The van der Waals surface area contributed by atoms with Gasteiger partial charge in [0.05, 0.1) is 0 Å². The third kappa shape index (κ3) is 2.41. The summed E-state index contributed by atoms with van der Waals surface area (Å²) in [6.07, 6.45) is 0. The molecular weight excluding hydrogens is 89.0 g/mol. The Morgan fingerprint density at radius 2 is 2.25 bits per heavy atom. The molecule has 0 aromatic rings. The first-order valence-electron chi connectivity index (χ1n) is 1.05. The van der Waals surface area contributed by atoms with E-state index in [9.17, 15) is 0 Å². The van der Waals surface area contributed by atoms with Gasteiger partial charge in [-0.2, -0.15) is 0 Å². The molecule has 2 heteroatoms. The number of hydrogen-bond donors (Lipinski definition) is 1. The van der Waals surface area contributed by atoms with Crippen molar-refractivity contribution < 1.29 is 17.0 Å². The fourth-order valence-electron chi connectivity index (χ4n) is 0. The number of hydrogen-bond acceptors (Lipinski definition) is 1. The SMILES string of the molecule is CN[CH]=[V]. The van der Waals surface area contributed by atoms with Crippen molar-refractivity contribution in [3.05, 3.63) is 0 Å². The Labute approximate surface area is 34.9 Å². The molecular formula is C2H5NV. The summed E-state index contributed by atoms with van der Waals surface area (Å²) < 4.78 is 0. The molecule has 0 aromatic carbocycles. The van der Waals surface area contributed by atoms with Gasteiger partial charge in [-0.05, 0) is 0 Å². The zero-order chi connectivity index (χ0) is 3.41. The third-order valence-electron chi connectivity index (χ3n) is 0.129. The second-order valence-corrected chi connectivity index (χ2v) is 0.821. The third-order valence-corrected chi connectivity index (χ3v) is 0.532. The van der Waals surface area contributed by atoms with Gasteiger partial charge in [0.15, 0.2) is 0 Å². The van der Waals surface area contributed by atoms with Crippen LogP contribution in [0, 0.1) is 0 Å². The Kier molecular flexibility index (Phi) is 3.77. The van der Waals surface area contributed by atoms with E-state index in [0.717, 1.165) is 0 Å². The molecule has 0 rings (SSSR count). The fourth-order valence-corrected chi connectivity index (χ4v) is 0. The summed E-state index contributed by atoms with van der Waals surface area (Å²) in [4.78, 5) is 1.81. The zero-order valence-electron chi connectivity index (χ0n) is 2.52. The van der Waals surface area contributed by atoms with Crippen LogP contribution in [0.25, 0.3) is 0 Å². The summed E-state index contributed by atoms with van der Waals surface area (Å²) in [7, 11) is 1.86. The van der Waals surface area contributed by atoms with Crippen LogP contribution in [0.3, 0.4) is 0 Å². The average Bonchev–Trinajstić information content (AvgIpc) is 1.37. The van der Waals surface area contributed by atoms with E-state index in [-0.39, 0.29) is 0 Å². The van der Waals surface area contributed by atoms with Crippen molar-refractivity contribution in [2.24, 2.45) is 0 Å². The number of nitrogens with one attached hydrogen (secondary N) is 1. The molecule has 0 unspecified atom stereocenters. The second-order valence-electron chi connectivity index (χ2n) is 0.418. The molecule has 0 aliphatic rings. The standard InChI is InChI=1S/C2H5N.V/c1-3-2;/h1,3H,2H3;. The van der Waals surface area contributed by atoms with E-state index in [4.69, 9.17) is 0 Å². The molecule has 0 aliphatic carbocycles. The molecule has 0 saturated carbocycles. The average molecular weight is 94.0 g/mol. The molecule has 0 radical (unpaired) electrons. The number of rotatable bonds is 1. The van der Waals surface area contributed by atoms with Gasteiger partial charge in [-0.25, -0.2) is 0 Å². The normalized spacial score (nSPS) is 6.00. The van der Waals surface area contributed by atoms with E-state index in [1.165, 1.54) is 0 Å². The van der Waals surface area contributed by atoms with Gasteiger partial charge < -0.3 is 0 Å². The van der Waals surface area contributed by atoms with E-state index >= 15 is 0 Å². The van der Waals surface area contributed by atoms with Crippen molar-refractivity contribution >= 4 is 4.85 Å². The van der Waals surface area contributed by atoms with Crippen molar-refractivity contribution in [2.75, 3.05) is 7.05 Å². The van der Waals surface area contributed by atoms with Crippen LogP contribution < -0.4 is 5.32 Å². The van der Waals surface area contributed by atoms with Crippen molar-refractivity contribution in [3.63, 3.8) is 0 Å². The molecule has 1 N–H and O–H groups in total. The quantitative estimate of drug-likeness (QED) is 0.462. The molecule has 0 fully saturated rings. The van der Waals surface area contributed by atoms with Crippen LogP contribution >= 0.6 is 0 Å². The van der Waals surface area contributed by atoms with Crippen LogP contribution in [0.4, 0.5) is 0 Å². The van der Waals surface area contributed by atoms with Crippen LogP contribution in [0.5, 0.6) is 0 Å². The van der Waals surface area contributed by atoms with Gasteiger partial charge in [0.2, 0.25) is 0 Å². The molecule has 23 valence electrons. The summed E-state index contributed by atoms with van der Waals surface area (Å²) in [5.74, 6) is 0. The van der Waals surface area contributed by atoms with Gasteiger partial charge >= 0.3 is 34.2 Å². The van der Waals surface area contributed by atoms with Crippen LogP contribution in [-0.2, 0) is 17.0 Å². The minimum absolute atomic E-state index is 1.81. The molecule has 0 atom stereocenters. The molecule has 0 bridgehead atoms. The van der Waals surface area contributed by atoms with Gasteiger partial charge in [0.25, 0.3) is 0 Å². The van der Waals surface area contributed by atoms with Gasteiger partial charge in [0, 0.05) is 0 Å². The van der Waals surface area contributed by atoms with Crippen molar-refractivity contribution in [2.45, 2.75) is 0 Å². The molecule has 0 heterocycles. The first kappa shape index (κ1) is 4.41. The monoisotopic (exact) mass is 94.0 g/mol. The summed E-state index contributed by atoms with van der Waals surface area (Å²) in [5, 5.41) is 2.78. The molecule has 4 heavy (non-hydrogen) atoms. The van der Waals surface area contributed by atoms with Crippen LogP contribution in [0.1, 0.15) is 0 Å². The molecule has 0 aliphatic heterocycles. The molecule has 1 nitrogen and oxygen atoms in total. The van der Waals surface area contributed by atoms with E-state index in [2.05, 4.69) is 22.3 Å². The first-order chi connectivity index (χ1) is 1.91. The van der Waals surface area contributed by atoms with Crippen molar-refractivity contribution in [1.29, 1.82) is 0 Å². The van der Waals surface area contributed by atoms with E-state index in [1.807, 2.05) is 11.9 Å². The maximum absolute atomic E-state index is 2.78. The zero-order valence-corrected chi connectivity index (χ0v) is 3.92. The molecule has 0 spiro atoms. The van der Waals surface area contributed by atoms with Gasteiger partial charge in [0.1, 0.15) is 0 Å². The first-order valence-corrected chi connectivity index (χ1v) is 1.85. The fraction of sp³-hybridized carbons (Fsp3) is 0.500. The predicted octanol–water partition coefficient (Wildman–Crippen LogP) is -0.488. The molecule has 0 aromatic heterocycles. The molecule has 0 saturated heterocycles. The summed E-state index contributed by atoms with van der Waals surface area (Å²) in [6, 6.07) is 0. The van der Waals surface area contributed by atoms with E-state index < -0.39 is 0 Å².